The molecule has 4 bridgehead atoms. The number of hydrogen-bond donors (Lipinski definition) is 5. The minimum absolute atomic E-state index is 0.0313. The third-order valence-corrected chi connectivity index (χ3v) is 10.8. The highest BCUT2D eigenvalue weighted by Crippen LogP contribution is 2.62. The Morgan fingerprint density at radius 2 is 1.84 bits per heavy atom. The molecule has 4 aromatic rings. The SMILES string of the molecule is CC(=O)OC[C@@H]1c2ccc3c4c2O[C@@H]1c1cc(OCO)c(O)cc1CC#Cc1nc(N)ccc1C[C@H]1CC[C@@]4(Cc2cc(O)cc(OCO)c2-3)C1. The van der Waals surface area contributed by atoms with Gasteiger partial charge in [0.05, 0.1) is 5.92 Å². The molecular formula is C40H38N2O9. The van der Waals surface area contributed by atoms with Gasteiger partial charge in [-0.3, -0.25) is 4.79 Å². The third-order valence-electron chi connectivity index (χ3n) is 10.8. The summed E-state index contributed by atoms with van der Waals surface area (Å²) in [6.07, 6.45) is 3.48. The molecule has 11 nitrogen and oxygen atoms in total. The number of esters is 1. The maximum atomic E-state index is 12.2. The zero-order valence-electron chi connectivity index (χ0n) is 28.1. The maximum absolute atomic E-state index is 12.2. The number of pyridine rings is 1. The molecule has 6 N–H and O–H groups in total. The van der Waals surface area contributed by atoms with Gasteiger partial charge in [-0.1, -0.05) is 24.1 Å². The molecule has 0 saturated heterocycles. The summed E-state index contributed by atoms with van der Waals surface area (Å²) in [7, 11) is 0. The number of aliphatic hydroxyl groups excluding tert-OH is 2. The van der Waals surface area contributed by atoms with Crippen LogP contribution in [0.3, 0.4) is 0 Å². The van der Waals surface area contributed by atoms with E-state index in [1.165, 1.54) is 13.0 Å². The van der Waals surface area contributed by atoms with E-state index >= 15 is 0 Å². The molecular weight excluding hydrogens is 652 g/mol. The fourth-order valence-corrected chi connectivity index (χ4v) is 8.87. The minimum atomic E-state index is -0.681. The Morgan fingerprint density at radius 1 is 1.02 bits per heavy atom. The van der Waals surface area contributed by atoms with E-state index in [2.05, 4.69) is 16.8 Å². The zero-order chi connectivity index (χ0) is 35.4. The predicted octanol–water partition coefficient (Wildman–Crippen LogP) is 4.92. The van der Waals surface area contributed by atoms with Crippen molar-refractivity contribution in [1.29, 1.82) is 0 Å². The van der Waals surface area contributed by atoms with Crippen LogP contribution < -0.4 is 19.9 Å². The van der Waals surface area contributed by atoms with Crippen molar-refractivity contribution in [3.8, 4) is 51.7 Å². The number of phenolic OH excluding ortho intramolecular Hbond substituents is 2. The molecule has 2 aliphatic carbocycles. The van der Waals surface area contributed by atoms with Crippen LogP contribution in [0, 0.1) is 17.8 Å². The van der Waals surface area contributed by atoms with Gasteiger partial charge in [0.1, 0.15) is 41.5 Å². The van der Waals surface area contributed by atoms with Crippen LogP contribution >= 0.6 is 0 Å². The number of aromatic hydroxyl groups is 2. The number of fused-ring (bicyclic) bond motifs is 7. The van der Waals surface area contributed by atoms with E-state index in [-0.39, 0.29) is 41.6 Å². The molecule has 11 heteroatoms. The lowest BCUT2D eigenvalue weighted by atomic mass is 9.65. The van der Waals surface area contributed by atoms with Crippen molar-refractivity contribution in [2.45, 2.75) is 62.9 Å². The van der Waals surface area contributed by atoms with Gasteiger partial charge in [-0.05, 0) is 90.5 Å². The van der Waals surface area contributed by atoms with Crippen molar-refractivity contribution in [2.75, 3.05) is 25.9 Å². The first-order valence-electron chi connectivity index (χ1n) is 17.1. The number of phenols is 2. The third kappa shape index (κ3) is 5.65. The fraction of sp³-hybridized carbons (Fsp3) is 0.350. The lowest BCUT2D eigenvalue weighted by Crippen LogP contribution is -2.31. The molecule has 2 aliphatic heterocycles. The highest BCUT2D eigenvalue weighted by Gasteiger charge is 2.51. The van der Waals surface area contributed by atoms with E-state index in [1.54, 1.807) is 24.3 Å². The Bertz CT molecular complexity index is 2140. The predicted molar refractivity (Wildman–Crippen MR) is 185 cm³/mol. The van der Waals surface area contributed by atoms with E-state index in [1.807, 2.05) is 18.2 Å². The Morgan fingerprint density at radius 3 is 2.65 bits per heavy atom. The molecule has 0 radical (unpaired) electrons. The number of rotatable bonds is 6. The number of benzene rings is 3. The van der Waals surface area contributed by atoms with Gasteiger partial charge in [-0.25, -0.2) is 4.98 Å². The molecule has 3 aromatic carbocycles. The number of ether oxygens (including phenoxy) is 4. The van der Waals surface area contributed by atoms with E-state index in [0.717, 1.165) is 59.1 Å². The lowest BCUT2D eigenvalue weighted by Gasteiger charge is -2.39. The summed E-state index contributed by atoms with van der Waals surface area (Å²) in [4.78, 5) is 16.8. The van der Waals surface area contributed by atoms with Crippen LogP contribution in [-0.4, -0.2) is 51.6 Å². The molecule has 0 unspecified atom stereocenters. The summed E-state index contributed by atoms with van der Waals surface area (Å²) in [5.41, 5.74) is 13.2. The second-order valence-electron chi connectivity index (χ2n) is 13.9. The Kier molecular flexibility index (Phi) is 8.16. The van der Waals surface area contributed by atoms with E-state index in [4.69, 9.17) is 24.7 Å². The first-order chi connectivity index (χ1) is 24.7. The number of nitrogen functional groups attached to an aromatic ring is 1. The highest BCUT2D eigenvalue weighted by molar-refractivity contribution is 5.84. The van der Waals surface area contributed by atoms with Gasteiger partial charge in [-0.2, -0.15) is 0 Å². The van der Waals surface area contributed by atoms with Crippen LogP contribution in [0.2, 0.25) is 0 Å². The van der Waals surface area contributed by atoms with Crippen molar-refractivity contribution in [3.63, 3.8) is 0 Å². The first-order valence-corrected chi connectivity index (χ1v) is 17.1. The second kappa shape index (κ2) is 12.7. The van der Waals surface area contributed by atoms with Gasteiger partial charge in [0.15, 0.2) is 25.1 Å². The molecule has 1 saturated carbocycles. The van der Waals surface area contributed by atoms with Crippen LogP contribution in [0.5, 0.6) is 28.7 Å². The summed E-state index contributed by atoms with van der Waals surface area (Å²) < 4.78 is 23.9. The summed E-state index contributed by atoms with van der Waals surface area (Å²) in [6.45, 7) is 0.189. The van der Waals surface area contributed by atoms with Crippen LogP contribution in [0.1, 0.15) is 77.3 Å². The van der Waals surface area contributed by atoms with Crippen molar-refractivity contribution >= 4 is 11.8 Å². The molecule has 4 aliphatic rings. The molecule has 4 atom stereocenters. The number of nitrogens with zero attached hydrogens (tertiary/aromatic N) is 1. The van der Waals surface area contributed by atoms with Gasteiger partial charge >= 0.3 is 5.97 Å². The number of aromatic nitrogens is 1. The second-order valence-corrected chi connectivity index (χ2v) is 13.9. The van der Waals surface area contributed by atoms with E-state index < -0.39 is 31.6 Å². The number of carbonyl (C=O) groups excluding carboxylic acids is 1. The summed E-state index contributed by atoms with van der Waals surface area (Å²) in [5, 5.41) is 41.2. The van der Waals surface area contributed by atoms with Gasteiger partial charge in [0, 0.05) is 47.1 Å². The van der Waals surface area contributed by atoms with Gasteiger partial charge in [0.25, 0.3) is 0 Å². The first kappa shape index (κ1) is 32.7. The van der Waals surface area contributed by atoms with Crippen LogP contribution in [0.15, 0.2) is 48.5 Å². The van der Waals surface area contributed by atoms with Gasteiger partial charge in [-0.15, -0.1) is 0 Å². The maximum Gasteiger partial charge on any atom is 0.302 e. The summed E-state index contributed by atoms with van der Waals surface area (Å²) in [6, 6.07) is 14.4. The smallest absolute Gasteiger partial charge is 0.302 e. The van der Waals surface area contributed by atoms with Gasteiger partial charge in [0.2, 0.25) is 0 Å². The number of hydrogen-bond acceptors (Lipinski definition) is 11. The Balaban J connectivity index is 1.40. The quantitative estimate of drug-likeness (QED) is 0.106. The van der Waals surface area contributed by atoms with Crippen molar-refractivity contribution < 1.29 is 44.2 Å². The number of carbonyl (C=O) groups is 1. The number of nitrogens with two attached hydrogens (primary N) is 1. The molecule has 1 aromatic heterocycles. The van der Waals surface area contributed by atoms with E-state index in [9.17, 15) is 25.2 Å². The topological polar surface area (TPSA) is 174 Å². The van der Waals surface area contributed by atoms with Crippen molar-refractivity contribution in [3.05, 3.63) is 87.6 Å². The monoisotopic (exact) mass is 690 g/mol. The summed E-state index contributed by atoms with van der Waals surface area (Å²) >= 11 is 0. The molecule has 8 rings (SSSR count). The highest BCUT2D eigenvalue weighted by atomic mass is 16.6. The van der Waals surface area contributed by atoms with E-state index in [0.29, 0.717) is 40.6 Å². The van der Waals surface area contributed by atoms with Crippen LogP contribution in [0.4, 0.5) is 5.82 Å². The largest absolute Gasteiger partial charge is 0.508 e. The normalized spacial score (nSPS) is 22.1. The van der Waals surface area contributed by atoms with Crippen LogP contribution in [-0.2, 0) is 34.2 Å². The molecule has 1 spiro atoms. The van der Waals surface area contributed by atoms with Crippen molar-refractivity contribution in [2.24, 2.45) is 5.92 Å². The molecule has 51 heavy (non-hydrogen) atoms. The molecule has 3 heterocycles. The average Bonchev–Trinajstić information content (AvgIpc) is 3.66. The Labute approximate surface area is 294 Å². The summed E-state index contributed by atoms with van der Waals surface area (Å²) in [5.74, 6) is 7.32. The Hall–Kier alpha value is -5.44. The molecule has 262 valence electrons. The average molecular weight is 691 g/mol. The fourth-order valence-electron chi connectivity index (χ4n) is 8.87. The molecule has 0 amide bonds. The van der Waals surface area contributed by atoms with Crippen molar-refractivity contribution in [1.82, 2.24) is 4.98 Å². The number of anilines is 1. The van der Waals surface area contributed by atoms with Crippen LogP contribution in [0.25, 0.3) is 11.1 Å². The zero-order valence-corrected chi connectivity index (χ0v) is 28.1. The number of aliphatic hydroxyl groups is 2. The van der Waals surface area contributed by atoms with Gasteiger partial charge < -0.3 is 45.1 Å². The lowest BCUT2D eigenvalue weighted by molar-refractivity contribution is -0.141. The molecule has 1 fully saturated rings. The minimum Gasteiger partial charge on any atom is -0.508 e. The standard InChI is InChI=1S/C40H38N2O9/c1-21(45)48-18-30-27-6-7-28-36-25(12-26(46)14-34(36)50-20-44)17-40-10-9-22(16-40)11-24-5-8-35(41)42-31(24)4-2-3-23-13-32(47)33(49-19-43)15-29(23)38(30)51-39(27)37(28)40/h5-8,12-15,22,30,38,43-44,46-47H,3,9-11,16-20H2,1H3,(H2,41,42)/t22-,30-,38-,40+/m1/s1.